The summed E-state index contributed by atoms with van der Waals surface area (Å²) in [4.78, 5) is 26.6. The van der Waals surface area contributed by atoms with Crippen LogP contribution in [0.2, 0.25) is 0 Å². The molecule has 1 saturated carbocycles. The Morgan fingerprint density at radius 1 is 1.06 bits per heavy atom. The molecule has 1 fully saturated rings. The van der Waals surface area contributed by atoms with Crippen LogP contribution in [0.4, 0.5) is 5.69 Å². The average molecular weight is 457 g/mol. The second kappa shape index (κ2) is 8.12. The monoisotopic (exact) mass is 456 g/mol. The molecule has 0 saturated heterocycles. The van der Waals surface area contributed by atoms with Gasteiger partial charge in [0.25, 0.3) is 0 Å². The van der Waals surface area contributed by atoms with E-state index in [0.29, 0.717) is 24.5 Å². The number of hydrogen-bond acceptors (Lipinski definition) is 6. The van der Waals surface area contributed by atoms with Gasteiger partial charge in [-0.1, -0.05) is 6.07 Å². The zero-order chi connectivity index (χ0) is 22.3. The second-order valence-corrected chi connectivity index (χ2v) is 10.4. The van der Waals surface area contributed by atoms with Crippen molar-refractivity contribution in [3.63, 3.8) is 0 Å². The van der Waals surface area contributed by atoms with E-state index in [0.717, 1.165) is 29.7 Å². The van der Waals surface area contributed by atoms with E-state index in [-0.39, 0.29) is 48.1 Å². The lowest BCUT2D eigenvalue weighted by molar-refractivity contribution is -0.121. The molecule has 5 rings (SSSR count). The topological polar surface area (TPSA) is 102 Å². The van der Waals surface area contributed by atoms with Gasteiger partial charge in [0.15, 0.2) is 21.3 Å². The highest BCUT2D eigenvalue weighted by Crippen LogP contribution is 2.37. The van der Waals surface area contributed by atoms with E-state index in [9.17, 15) is 18.0 Å². The predicted molar refractivity (Wildman–Crippen MR) is 116 cm³/mol. The third-order valence-electron chi connectivity index (χ3n) is 6.02. The first kappa shape index (κ1) is 20.8. The van der Waals surface area contributed by atoms with Crippen molar-refractivity contribution in [2.75, 3.05) is 24.0 Å². The van der Waals surface area contributed by atoms with Gasteiger partial charge in [-0.05, 0) is 60.7 Å². The molecule has 32 heavy (non-hydrogen) atoms. The van der Waals surface area contributed by atoms with Crippen LogP contribution in [0.5, 0.6) is 11.5 Å². The quantitative estimate of drug-likeness (QED) is 0.685. The molecule has 2 aromatic carbocycles. The molecule has 2 aromatic rings. The van der Waals surface area contributed by atoms with E-state index in [1.807, 2.05) is 6.07 Å². The Hall–Kier alpha value is -3.07. The lowest BCUT2D eigenvalue weighted by Crippen LogP contribution is -2.30. The van der Waals surface area contributed by atoms with Gasteiger partial charge in [0.1, 0.15) is 0 Å². The fraction of sp³-hybridized carbons (Fsp3) is 0.391. The van der Waals surface area contributed by atoms with Gasteiger partial charge in [-0.25, -0.2) is 8.42 Å². The van der Waals surface area contributed by atoms with Gasteiger partial charge in [0.2, 0.25) is 18.6 Å². The Labute approximate surface area is 186 Å². The van der Waals surface area contributed by atoms with E-state index in [2.05, 4.69) is 5.32 Å². The van der Waals surface area contributed by atoms with Crippen LogP contribution < -0.4 is 19.7 Å². The number of sulfone groups is 1. The summed E-state index contributed by atoms with van der Waals surface area (Å²) in [6, 6.07) is 10.3. The van der Waals surface area contributed by atoms with Crippen LogP contribution in [-0.4, -0.2) is 39.3 Å². The van der Waals surface area contributed by atoms with Gasteiger partial charge < -0.3 is 19.7 Å². The lowest BCUT2D eigenvalue weighted by atomic mass is 10.2. The number of nitrogens with one attached hydrogen (secondary N) is 1. The number of nitrogens with zero attached hydrogens (tertiary/aromatic N) is 1. The van der Waals surface area contributed by atoms with Crippen LogP contribution in [0.1, 0.15) is 30.4 Å². The Morgan fingerprint density at radius 3 is 2.69 bits per heavy atom. The molecule has 2 amide bonds. The first-order valence-corrected chi connectivity index (χ1v) is 12.4. The molecule has 9 heteroatoms. The highest BCUT2D eigenvalue weighted by Gasteiger charge is 2.36. The third-order valence-corrected chi connectivity index (χ3v) is 7.74. The smallest absolute Gasteiger partial charge is 0.231 e. The molecule has 0 aromatic heterocycles. The average Bonchev–Trinajstić information content (AvgIpc) is 3.39. The van der Waals surface area contributed by atoms with Crippen LogP contribution in [0.15, 0.2) is 41.3 Å². The summed E-state index contributed by atoms with van der Waals surface area (Å²) in [5.41, 5.74) is 2.52. The number of amides is 2. The molecule has 0 radical (unpaired) electrons. The normalized spacial score (nSPS) is 16.7. The number of carbonyl (C=O) groups is 2. The number of carbonyl (C=O) groups excluding carboxylic acids is 2. The maximum absolute atomic E-state index is 12.8. The molecule has 1 aliphatic carbocycles. The zero-order valence-electron chi connectivity index (χ0n) is 17.5. The van der Waals surface area contributed by atoms with Gasteiger partial charge in [0.05, 0.1) is 10.6 Å². The SMILES string of the molecule is O=C(CCS(=O)(=O)c1ccc2c(c1)CCN2C(=O)C1CC1)NCc1ccc2c(c1)OCO2. The van der Waals surface area contributed by atoms with Crippen LogP contribution in [-0.2, 0) is 32.4 Å². The maximum Gasteiger partial charge on any atom is 0.231 e. The largest absolute Gasteiger partial charge is 0.454 e. The molecule has 168 valence electrons. The standard InChI is InChI=1S/C23H24N2O6S/c26-22(24-13-15-1-6-20-21(11-15)31-14-30-20)8-10-32(28,29)18-4-5-19-17(12-18)7-9-25(19)23(27)16-2-3-16/h1,4-6,11-12,16H,2-3,7-10,13-14H2,(H,24,26). The van der Waals surface area contributed by atoms with Crippen molar-refractivity contribution < 1.29 is 27.5 Å². The fourth-order valence-electron chi connectivity index (χ4n) is 4.04. The van der Waals surface area contributed by atoms with Crippen LogP contribution in [0.3, 0.4) is 0 Å². The number of fused-ring (bicyclic) bond motifs is 2. The van der Waals surface area contributed by atoms with Crippen molar-refractivity contribution >= 4 is 27.3 Å². The number of benzene rings is 2. The molecule has 0 bridgehead atoms. The van der Waals surface area contributed by atoms with Crippen molar-refractivity contribution in [1.82, 2.24) is 5.32 Å². The van der Waals surface area contributed by atoms with Crippen molar-refractivity contribution in [3.8, 4) is 11.5 Å². The summed E-state index contributed by atoms with van der Waals surface area (Å²) in [7, 11) is -3.61. The van der Waals surface area contributed by atoms with E-state index in [1.165, 1.54) is 6.07 Å². The van der Waals surface area contributed by atoms with Gasteiger partial charge >= 0.3 is 0 Å². The Morgan fingerprint density at radius 2 is 1.88 bits per heavy atom. The minimum Gasteiger partial charge on any atom is -0.454 e. The predicted octanol–water partition coefficient (Wildman–Crippen LogP) is 2.19. The Bertz CT molecular complexity index is 1190. The van der Waals surface area contributed by atoms with E-state index >= 15 is 0 Å². The molecule has 8 nitrogen and oxygen atoms in total. The van der Waals surface area contributed by atoms with Crippen molar-refractivity contribution in [2.24, 2.45) is 5.92 Å². The maximum atomic E-state index is 12.8. The minimum absolute atomic E-state index is 0.125. The molecule has 0 spiro atoms. The second-order valence-electron chi connectivity index (χ2n) is 8.34. The third kappa shape index (κ3) is 4.17. The molecule has 3 aliphatic rings. The first-order valence-electron chi connectivity index (χ1n) is 10.7. The summed E-state index contributed by atoms with van der Waals surface area (Å²) in [6.07, 6.45) is 2.39. The van der Waals surface area contributed by atoms with E-state index < -0.39 is 9.84 Å². The van der Waals surface area contributed by atoms with Crippen molar-refractivity contribution in [2.45, 2.75) is 37.1 Å². The Balaban J connectivity index is 1.17. The summed E-state index contributed by atoms with van der Waals surface area (Å²) in [5.74, 6) is 0.949. The van der Waals surface area contributed by atoms with E-state index in [1.54, 1.807) is 29.2 Å². The van der Waals surface area contributed by atoms with E-state index in [4.69, 9.17) is 9.47 Å². The van der Waals surface area contributed by atoms with Crippen LogP contribution in [0.25, 0.3) is 0 Å². The number of rotatable bonds is 7. The molecular weight excluding hydrogens is 432 g/mol. The highest BCUT2D eigenvalue weighted by atomic mass is 32.2. The molecule has 2 aliphatic heterocycles. The molecule has 2 heterocycles. The summed E-state index contributed by atoms with van der Waals surface area (Å²) < 4.78 is 36.1. The molecule has 0 atom stereocenters. The number of hydrogen-bond donors (Lipinski definition) is 1. The summed E-state index contributed by atoms with van der Waals surface area (Å²) >= 11 is 0. The Kier molecular flexibility index (Phi) is 5.28. The highest BCUT2D eigenvalue weighted by molar-refractivity contribution is 7.91. The summed E-state index contributed by atoms with van der Waals surface area (Å²) in [6.45, 7) is 1.05. The van der Waals surface area contributed by atoms with Crippen molar-refractivity contribution in [3.05, 3.63) is 47.5 Å². The van der Waals surface area contributed by atoms with Gasteiger partial charge in [0, 0.05) is 31.1 Å². The molecule has 0 unspecified atom stereocenters. The number of anilines is 1. The molecular formula is C23H24N2O6S. The summed E-state index contributed by atoms with van der Waals surface area (Å²) in [5, 5.41) is 2.75. The van der Waals surface area contributed by atoms with Crippen molar-refractivity contribution in [1.29, 1.82) is 0 Å². The molecule has 1 N–H and O–H groups in total. The van der Waals surface area contributed by atoms with Crippen LogP contribution >= 0.6 is 0 Å². The zero-order valence-corrected chi connectivity index (χ0v) is 18.3. The minimum atomic E-state index is -3.61. The van der Waals surface area contributed by atoms with Gasteiger partial charge in [-0.2, -0.15) is 0 Å². The van der Waals surface area contributed by atoms with Gasteiger partial charge in [-0.3, -0.25) is 9.59 Å². The first-order chi connectivity index (χ1) is 15.4. The lowest BCUT2D eigenvalue weighted by Gasteiger charge is -2.17. The van der Waals surface area contributed by atoms with Gasteiger partial charge in [-0.15, -0.1) is 0 Å². The fourth-order valence-corrected chi connectivity index (χ4v) is 5.32. The number of ether oxygens (including phenoxy) is 2. The van der Waals surface area contributed by atoms with Crippen LogP contribution in [0, 0.1) is 5.92 Å².